The van der Waals surface area contributed by atoms with Gasteiger partial charge in [-0.2, -0.15) is 0 Å². The Kier molecular flexibility index (Phi) is 4.59. The molecular weight excluding hydrogens is 243 g/mol. The maximum Gasteiger partial charge on any atom is 0.0568 e. The average Bonchev–Trinajstić information content (AvgIpc) is 2.25. The Bertz CT molecular complexity index is 483. The lowest BCUT2D eigenvalue weighted by molar-refractivity contribution is -0.00000319. The van der Waals surface area contributed by atoms with Crippen LogP contribution < -0.4 is 17.8 Å². The fourth-order valence-corrected chi connectivity index (χ4v) is 1.49. The Hall–Kier alpha value is -1.25. The van der Waals surface area contributed by atoms with E-state index in [0.29, 0.717) is 5.36 Å². The van der Waals surface area contributed by atoms with Crippen LogP contribution in [-0.2, 0) is 6.54 Å². The number of hydrogen-bond donors (Lipinski definition) is 1. The molecule has 1 heterocycles. The molecule has 16 heavy (non-hydrogen) atoms. The molecule has 84 valence electrons. The van der Waals surface area contributed by atoms with Gasteiger partial charge >= 0.3 is 0 Å². The Morgan fingerprint density at radius 2 is 1.56 bits per heavy atom. The summed E-state index contributed by atoms with van der Waals surface area (Å²) in [6.07, 6.45) is 3.80. The Morgan fingerprint density at radius 1 is 1.00 bits per heavy atom. The number of halogens is 2. The van der Waals surface area contributed by atoms with E-state index in [1.165, 1.54) is 5.56 Å². The average molecular weight is 254 g/mol. The summed E-state index contributed by atoms with van der Waals surface area (Å²) in [5.74, 6) is 0. The quantitative estimate of drug-likeness (QED) is 0.760. The highest BCUT2D eigenvalue weighted by molar-refractivity contribution is 6.30. The van der Waals surface area contributed by atoms with Crippen molar-refractivity contribution >= 4 is 11.6 Å². The molecule has 0 aliphatic heterocycles. The molecule has 1 N–H and O–H groups in total. The SMILES string of the molecule is N=c1ccn(Cc2ccc(Cl)cc2)cc1.[Cl-]. The van der Waals surface area contributed by atoms with Gasteiger partial charge in [-0.3, -0.25) is 0 Å². The molecule has 2 rings (SSSR count). The van der Waals surface area contributed by atoms with Gasteiger partial charge in [0.05, 0.1) is 5.36 Å². The van der Waals surface area contributed by atoms with Crippen molar-refractivity contribution in [3.8, 4) is 0 Å². The molecule has 2 aromatic rings. The minimum atomic E-state index is 0. The summed E-state index contributed by atoms with van der Waals surface area (Å²) >= 11 is 5.80. The lowest BCUT2D eigenvalue weighted by Gasteiger charge is -2.05. The lowest BCUT2D eigenvalue weighted by atomic mass is 10.2. The van der Waals surface area contributed by atoms with Crippen LogP contribution in [0, 0.1) is 5.41 Å². The summed E-state index contributed by atoms with van der Waals surface area (Å²) in [6.45, 7) is 0.803. The van der Waals surface area contributed by atoms with Gasteiger partial charge in [-0.1, -0.05) is 23.7 Å². The third-order valence-corrected chi connectivity index (χ3v) is 2.42. The van der Waals surface area contributed by atoms with E-state index < -0.39 is 0 Å². The van der Waals surface area contributed by atoms with Crippen LogP contribution in [0.4, 0.5) is 0 Å². The minimum Gasteiger partial charge on any atom is -1.00 e. The molecule has 2 nitrogen and oxygen atoms in total. The normalized spacial score (nSPS) is 9.56. The Labute approximate surface area is 105 Å². The van der Waals surface area contributed by atoms with Crippen LogP contribution in [0.2, 0.25) is 5.02 Å². The third kappa shape index (κ3) is 3.40. The number of aromatic nitrogens is 1. The van der Waals surface area contributed by atoms with Gasteiger partial charge in [0.2, 0.25) is 0 Å². The molecule has 0 unspecified atom stereocenters. The van der Waals surface area contributed by atoms with Gasteiger partial charge in [-0.15, -0.1) is 0 Å². The molecule has 0 atom stereocenters. The molecule has 0 radical (unpaired) electrons. The van der Waals surface area contributed by atoms with Gasteiger partial charge in [-0.25, -0.2) is 0 Å². The van der Waals surface area contributed by atoms with E-state index in [2.05, 4.69) is 0 Å². The van der Waals surface area contributed by atoms with E-state index in [0.717, 1.165) is 11.6 Å². The van der Waals surface area contributed by atoms with Gasteiger partial charge in [-0.05, 0) is 29.8 Å². The topological polar surface area (TPSA) is 28.8 Å². The van der Waals surface area contributed by atoms with Crippen LogP contribution >= 0.6 is 11.6 Å². The molecule has 0 amide bonds. The van der Waals surface area contributed by atoms with Crippen molar-refractivity contribution in [2.24, 2.45) is 0 Å². The predicted octanol–water partition coefficient (Wildman–Crippen LogP) is -0.327. The summed E-state index contributed by atoms with van der Waals surface area (Å²) < 4.78 is 2.03. The van der Waals surface area contributed by atoms with E-state index in [1.54, 1.807) is 12.1 Å². The van der Waals surface area contributed by atoms with E-state index in [4.69, 9.17) is 17.0 Å². The maximum atomic E-state index is 7.37. The molecular formula is C12H11Cl2N2-. The second-order valence-corrected chi connectivity index (χ2v) is 3.82. The number of rotatable bonds is 2. The second-order valence-electron chi connectivity index (χ2n) is 3.39. The van der Waals surface area contributed by atoms with Crippen LogP contribution in [0.15, 0.2) is 48.8 Å². The lowest BCUT2D eigenvalue weighted by Crippen LogP contribution is -3.00. The number of pyridine rings is 1. The fraction of sp³-hybridized carbons (Fsp3) is 0.0833. The van der Waals surface area contributed by atoms with Crippen molar-refractivity contribution in [3.05, 3.63) is 64.7 Å². The van der Waals surface area contributed by atoms with E-state index in [1.807, 2.05) is 41.2 Å². The zero-order valence-electron chi connectivity index (χ0n) is 8.53. The highest BCUT2D eigenvalue weighted by Crippen LogP contribution is 2.10. The number of hydrogen-bond acceptors (Lipinski definition) is 1. The predicted molar refractivity (Wildman–Crippen MR) is 60.8 cm³/mol. The van der Waals surface area contributed by atoms with Crippen molar-refractivity contribution < 1.29 is 12.4 Å². The summed E-state index contributed by atoms with van der Waals surface area (Å²) in [6, 6.07) is 11.3. The summed E-state index contributed by atoms with van der Waals surface area (Å²) in [5, 5.41) is 8.65. The van der Waals surface area contributed by atoms with Gasteiger partial charge in [0.1, 0.15) is 0 Å². The van der Waals surface area contributed by atoms with Gasteiger partial charge in [0.25, 0.3) is 0 Å². The standard InChI is InChI=1S/C12H11ClN2.ClH/c13-11-3-1-10(2-4-11)9-15-7-5-12(14)6-8-15;/h1-8,14H,9H2;1H/p-1. The summed E-state index contributed by atoms with van der Waals surface area (Å²) in [7, 11) is 0. The fourth-order valence-electron chi connectivity index (χ4n) is 1.36. The largest absolute Gasteiger partial charge is 1.00 e. The first-order chi connectivity index (χ1) is 7.24. The maximum absolute atomic E-state index is 7.37. The first-order valence-electron chi connectivity index (χ1n) is 4.69. The van der Waals surface area contributed by atoms with Crippen molar-refractivity contribution in [3.63, 3.8) is 0 Å². The molecule has 0 fully saturated rings. The zero-order chi connectivity index (χ0) is 10.7. The van der Waals surface area contributed by atoms with Gasteiger partial charge in [0.15, 0.2) is 0 Å². The molecule has 1 aromatic heterocycles. The van der Waals surface area contributed by atoms with Crippen molar-refractivity contribution in [2.75, 3.05) is 0 Å². The van der Waals surface area contributed by atoms with E-state index in [-0.39, 0.29) is 12.4 Å². The first-order valence-corrected chi connectivity index (χ1v) is 5.07. The minimum absolute atomic E-state index is 0. The molecule has 1 aromatic carbocycles. The molecule has 4 heteroatoms. The number of nitrogens with zero attached hydrogens (tertiary/aromatic N) is 1. The molecule has 0 spiro atoms. The highest BCUT2D eigenvalue weighted by atomic mass is 35.5. The van der Waals surface area contributed by atoms with E-state index >= 15 is 0 Å². The van der Waals surface area contributed by atoms with Crippen LogP contribution in [0.3, 0.4) is 0 Å². The van der Waals surface area contributed by atoms with Crippen LogP contribution in [0.5, 0.6) is 0 Å². The molecule has 0 bridgehead atoms. The Balaban J connectivity index is 0.00000128. The van der Waals surface area contributed by atoms with Crippen LogP contribution in [0.25, 0.3) is 0 Å². The number of nitrogens with one attached hydrogen (secondary N) is 1. The highest BCUT2D eigenvalue weighted by Gasteiger charge is 1.93. The molecule has 0 aliphatic carbocycles. The van der Waals surface area contributed by atoms with Crippen molar-refractivity contribution in [1.29, 1.82) is 5.41 Å². The summed E-state index contributed by atoms with van der Waals surface area (Å²) in [5.41, 5.74) is 1.20. The van der Waals surface area contributed by atoms with Crippen molar-refractivity contribution in [2.45, 2.75) is 6.54 Å². The molecule has 0 saturated heterocycles. The first kappa shape index (κ1) is 12.8. The molecule has 0 saturated carbocycles. The Morgan fingerprint density at radius 3 is 2.12 bits per heavy atom. The second kappa shape index (κ2) is 5.73. The monoisotopic (exact) mass is 253 g/mol. The zero-order valence-corrected chi connectivity index (χ0v) is 10.0. The van der Waals surface area contributed by atoms with E-state index in [9.17, 15) is 0 Å². The summed E-state index contributed by atoms with van der Waals surface area (Å²) in [4.78, 5) is 0. The van der Waals surface area contributed by atoms with Gasteiger partial charge < -0.3 is 22.4 Å². The third-order valence-electron chi connectivity index (χ3n) is 2.17. The smallest absolute Gasteiger partial charge is 0.0568 e. The van der Waals surface area contributed by atoms with Crippen molar-refractivity contribution in [1.82, 2.24) is 4.57 Å². The number of benzene rings is 1. The van der Waals surface area contributed by atoms with Crippen LogP contribution in [-0.4, -0.2) is 4.57 Å². The van der Waals surface area contributed by atoms with Crippen LogP contribution in [0.1, 0.15) is 5.56 Å². The van der Waals surface area contributed by atoms with Gasteiger partial charge in [0, 0.05) is 24.0 Å². The molecule has 0 aliphatic rings.